The molecule has 2 heterocycles. The van der Waals surface area contributed by atoms with E-state index in [-0.39, 0.29) is 12.6 Å². The summed E-state index contributed by atoms with van der Waals surface area (Å²) in [6.07, 6.45) is 3.53. The summed E-state index contributed by atoms with van der Waals surface area (Å²) >= 11 is 1.58. The van der Waals surface area contributed by atoms with Crippen LogP contribution in [0.2, 0.25) is 0 Å². The van der Waals surface area contributed by atoms with Gasteiger partial charge in [0.05, 0.1) is 0 Å². The van der Waals surface area contributed by atoms with E-state index in [0.717, 1.165) is 16.0 Å². The zero-order valence-electron chi connectivity index (χ0n) is 14.6. The molecule has 2 N–H and O–H groups in total. The molecule has 0 bridgehead atoms. The van der Waals surface area contributed by atoms with Crippen LogP contribution in [-0.4, -0.2) is 28.1 Å². The molecule has 2 amide bonds. The number of aromatic nitrogens is 2. The fraction of sp³-hybridized carbons (Fsp3) is 0.211. The van der Waals surface area contributed by atoms with Crippen LogP contribution in [-0.2, 0) is 9.59 Å². The van der Waals surface area contributed by atoms with Gasteiger partial charge >= 0.3 is 11.8 Å². The number of nitrogens with zero attached hydrogens (tertiary/aromatic N) is 2. The molecule has 26 heavy (non-hydrogen) atoms. The monoisotopic (exact) mass is 368 g/mol. The van der Waals surface area contributed by atoms with Crippen LogP contribution in [0.15, 0.2) is 54.2 Å². The first kappa shape index (κ1) is 17.9. The number of carbonyl (C=O) groups is 2. The van der Waals surface area contributed by atoms with E-state index in [1.54, 1.807) is 28.3 Å². The second kappa shape index (κ2) is 7.97. The first-order valence-electron chi connectivity index (χ1n) is 8.24. The number of anilines is 1. The van der Waals surface area contributed by atoms with Crippen molar-refractivity contribution < 1.29 is 9.59 Å². The van der Waals surface area contributed by atoms with Crippen molar-refractivity contribution in [2.45, 2.75) is 19.9 Å². The van der Waals surface area contributed by atoms with Crippen molar-refractivity contribution in [3.63, 3.8) is 0 Å². The highest BCUT2D eigenvalue weighted by Gasteiger charge is 2.20. The Balaban J connectivity index is 1.65. The van der Waals surface area contributed by atoms with Gasteiger partial charge in [0.1, 0.15) is 6.04 Å². The quantitative estimate of drug-likeness (QED) is 0.680. The summed E-state index contributed by atoms with van der Waals surface area (Å²) in [7, 11) is 0. The van der Waals surface area contributed by atoms with Crippen LogP contribution in [0.1, 0.15) is 22.0 Å². The lowest BCUT2D eigenvalue weighted by molar-refractivity contribution is -0.136. The molecule has 6 nitrogen and oxygen atoms in total. The number of aryl methyl sites for hydroxylation is 1. The molecular weight excluding hydrogens is 348 g/mol. The Morgan fingerprint density at radius 2 is 2.00 bits per heavy atom. The third-order valence-corrected chi connectivity index (χ3v) is 5.20. The van der Waals surface area contributed by atoms with E-state index in [0.29, 0.717) is 5.69 Å². The number of rotatable bonds is 5. The highest BCUT2D eigenvalue weighted by atomic mass is 32.1. The number of amides is 2. The molecule has 0 saturated heterocycles. The lowest BCUT2D eigenvalue weighted by Gasteiger charge is -2.17. The molecule has 2 aromatic heterocycles. The second-order valence-corrected chi connectivity index (χ2v) is 6.91. The summed E-state index contributed by atoms with van der Waals surface area (Å²) in [6.45, 7) is 4.15. The van der Waals surface area contributed by atoms with Gasteiger partial charge in [-0.05, 0) is 48.6 Å². The third kappa shape index (κ3) is 4.00. The average Bonchev–Trinajstić information content (AvgIpc) is 3.33. The zero-order chi connectivity index (χ0) is 18.5. The molecule has 0 spiro atoms. The average molecular weight is 368 g/mol. The van der Waals surface area contributed by atoms with E-state index in [1.807, 2.05) is 55.8 Å². The fourth-order valence-electron chi connectivity index (χ4n) is 2.61. The summed E-state index contributed by atoms with van der Waals surface area (Å²) < 4.78 is 1.77. The summed E-state index contributed by atoms with van der Waals surface area (Å²) in [4.78, 5) is 25.5. The largest absolute Gasteiger partial charge is 0.345 e. The number of hydrogen-bond acceptors (Lipinski definition) is 4. The van der Waals surface area contributed by atoms with Gasteiger partial charge in [0.15, 0.2) is 0 Å². The van der Waals surface area contributed by atoms with Crippen LogP contribution < -0.4 is 10.6 Å². The topological polar surface area (TPSA) is 76.0 Å². The molecule has 7 heteroatoms. The van der Waals surface area contributed by atoms with E-state index in [4.69, 9.17) is 0 Å². The van der Waals surface area contributed by atoms with Crippen LogP contribution in [0.3, 0.4) is 0 Å². The van der Waals surface area contributed by atoms with Crippen LogP contribution in [0.5, 0.6) is 0 Å². The lowest BCUT2D eigenvalue weighted by Crippen LogP contribution is -2.39. The Morgan fingerprint density at radius 3 is 2.69 bits per heavy atom. The molecule has 3 aromatic rings. The van der Waals surface area contributed by atoms with Crippen molar-refractivity contribution in [2.75, 3.05) is 11.9 Å². The highest BCUT2D eigenvalue weighted by Crippen LogP contribution is 2.22. The molecule has 0 aliphatic carbocycles. The van der Waals surface area contributed by atoms with Crippen LogP contribution in [0, 0.1) is 13.8 Å². The molecule has 1 atom stereocenters. The Morgan fingerprint density at radius 1 is 1.15 bits per heavy atom. The molecule has 3 rings (SSSR count). The van der Waals surface area contributed by atoms with Gasteiger partial charge in [-0.15, -0.1) is 11.3 Å². The maximum atomic E-state index is 12.2. The Hall–Kier alpha value is -2.93. The summed E-state index contributed by atoms with van der Waals surface area (Å²) in [5, 5.41) is 11.6. The number of thiophene rings is 1. The maximum absolute atomic E-state index is 12.2. The SMILES string of the molecule is Cc1cccc(NC(=O)C(=O)NCC(c2cccs2)n2cccn2)c1C. The summed E-state index contributed by atoms with van der Waals surface area (Å²) in [5.74, 6) is -1.34. The van der Waals surface area contributed by atoms with Crippen molar-refractivity contribution in [3.05, 3.63) is 70.2 Å². The molecule has 0 radical (unpaired) electrons. The van der Waals surface area contributed by atoms with E-state index < -0.39 is 11.8 Å². The minimum absolute atomic E-state index is 0.151. The Labute approximate surface area is 155 Å². The summed E-state index contributed by atoms with van der Waals surface area (Å²) in [5.41, 5.74) is 2.65. The van der Waals surface area contributed by atoms with Crippen molar-refractivity contribution >= 4 is 28.8 Å². The lowest BCUT2D eigenvalue weighted by atomic mass is 10.1. The van der Waals surface area contributed by atoms with E-state index in [1.165, 1.54) is 0 Å². The molecule has 0 saturated carbocycles. The van der Waals surface area contributed by atoms with Crippen molar-refractivity contribution in [2.24, 2.45) is 0 Å². The third-order valence-electron chi connectivity index (χ3n) is 4.23. The van der Waals surface area contributed by atoms with Gasteiger partial charge in [-0.25, -0.2) is 0 Å². The van der Waals surface area contributed by atoms with Gasteiger partial charge in [0, 0.05) is 29.5 Å². The van der Waals surface area contributed by atoms with Crippen molar-refractivity contribution in [1.82, 2.24) is 15.1 Å². The van der Waals surface area contributed by atoms with Gasteiger partial charge < -0.3 is 10.6 Å². The molecular formula is C19H20N4O2S. The van der Waals surface area contributed by atoms with Gasteiger partial charge in [0.2, 0.25) is 0 Å². The van der Waals surface area contributed by atoms with Crippen LogP contribution in [0.4, 0.5) is 5.69 Å². The first-order valence-corrected chi connectivity index (χ1v) is 9.12. The van der Waals surface area contributed by atoms with Crippen molar-refractivity contribution in [1.29, 1.82) is 0 Å². The number of benzene rings is 1. The first-order chi connectivity index (χ1) is 12.6. The van der Waals surface area contributed by atoms with Gasteiger partial charge in [-0.1, -0.05) is 18.2 Å². The molecule has 1 unspecified atom stereocenters. The smallest absolute Gasteiger partial charge is 0.313 e. The maximum Gasteiger partial charge on any atom is 0.313 e. The molecule has 134 valence electrons. The van der Waals surface area contributed by atoms with Crippen molar-refractivity contribution in [3.8, 4) is 0 Å². The predicted octanol–water partition coefficient (Wildman–Crippen LogP) is 2.91. The van der Waals surface area contributed by atoms with Crippen LogP contribution >= 0.6 is 11.3 Å². The van der Waals surface area contributed by atoms with E-state index in [2.05, 4.69) is 15.7 Å². The molecule has 0 aliphatic heterocycles. The standard InChI is InChI=1S/C19H20N4O2S/c1-13-6-3-7-15(14(13)2)22-19(25)18(24)20-12-16(17-8-4-11-26-17)23-10-5-9-21-23/h3-11,16H,12H2,1-2H3,(H,20,24)(H,22,25). The van der Waals surface area contributed by atoms with E-state index in [9.17, 15) is 9.59 Å². The van der Waals surface area contributed by atoms with Crippen LogP contribution in [0.25, 0.3) is 0 Å². The van der Waals surface area contributed by atoms with E-state index >= 15 is 0 Å². The number of hydrogen-bond donors (Lipinski definition) is 2. The van der Waals surface area contributed by atoms with Gasteiger partial charge in [-0.3, -0.25) is 14.3 Å². The Kier molecular flexibility index (Phi) is 5.48. The van der Waals surface area contributed by atoms with Gasteiger partial charge in [-0.2, -0.15) is 5.10 Å². The number of nitrogens with one attached hydrogen (secondary N) is 2. The minimum Gasteiger partial charge on any atom is -0.345 e. The Bertz CT molecular complexity index is 854. The van der Waals surface area contributed by atoms with Gasteiger partial charge in [0.25, 0.3) is 0 Å². The fourth-order valence-corrected chi connectivity index (χ4v) is 3.43. The highest BCUT2D eigenvalue weighted by molar-refractivity contribution is 7.10. The normalized spacial score (nSPS) is 11.8. The second-order valence-electron chi connectivity index (χ2n) is 5.93. The molecule has 0 aliphatic rings. The molecule has 1 aromatic carbocycles. The predicted molar refractivity (Wildman–Crippen MR) is 102 cm³/mol. The number of carbonyl (C=O) groups excluding carboxylic acids is 2. The molecule has 0 fully saturated rings. The zero-order valence-corrected chi connectivity index (χ0v) is 15.4. The summed E-state index contributed by atoms with van der Waals surface area (Å²) in [6, 6.07) is 11.2. The minimum atomic E-state index is -0.677.